The number of hydrogen-bond acceptors (Lipinski definition) is 3. The maximum Gasteiger partial charge on any atom is 0.323 e. The molecule has 0 saturated carbocycles. The second kappa shape index (κ2) is 6.54. The lowest BCUT2D eigenvalue weighted by Gasteiger charge is -2.16. The summed E-state index contributed by atoms with van der Waals surface area (Å²) in [5.74, 6) is -2.21. The maximum absolute atomic E-state index is 11.7. The average Bonchev–Trinajstić information content (AvgIpc) is 2.34. The fraction of sp³-hybridized carbons (Fsp3) is 0.308. The normalized spacial score (nSPS) is 9.83. The van der Waals surface area contributed by atoms with E-state index in [0.29, 0.717) is 6.42 Å². The van der Waals surface area contributed by atoms with Crippen LogP contribution in [0.2, 0.25) is 0 Å². The summed E-state index contributed by atoms with van der Waals surface area (Å²) in [4.78, 5) is 34.2. The molecule has 0 aliphatic heterocycles. The van der Waals surface area contributed by atoms with E-state index in [0.717, 1.165) is 10.5 Å². The highest BCUT2D eigenvalue weighted by Gasteiger charge is 2.20. The Balaban J connectivity index is 2.57. The van der Waals surface area contributed by atoms with E-state index in [1.165, 1.54) is 6.92 Å². The van der Waals surface area contributed by atoms with Gasteiger partial charge >= 0.3 is 5.97 Å². The molecule has 0 heterocycles. The third-order valence-corrected chi connectivity index (χ3v) is 2.44. The van der Waals surface area contributed by atoms with Gasteiger partial charge in [-0.3, -0.25) is 19.3 Å². The Morgan fingerprint density at radius 3 is 2.28 bits per heavy atom. The van der Waals surface area contributed by atoms with Crippen LogP contribution in [0, 0.1) is 0 Å². The van der Waals surface area contributed by atoms with Gasteiger partial charge in [-0.15, -0.1) is 0 Å². The predicted molar refractivity (Wildman–Crippen MR) is 64.8 cm³/mol. The number of amides is 2. The number of carbonyl (C=O) groups excluding carboxylic acids is 2. The summed E-state index contributed by atoms with van der Waals surface area (Å²) in [6, 6.07) is 9.35. The molecule has 5 nitrogen and oxygen atoms in total. The lowest BCUT2D eigenvalue weighted by Crippen LogP contribution is -2.39. The number of nitrogens with zero attached hydrogens (tertiary/aromatic N) is 1. The van der Waals surface area contributed by atoms with Crippen molar-refractivity contribution in [1.29, 1.82) is 0 Å². The van der Waals surface area contributed by atoms with Crippen LogP contribution in [0.25, 0.3) is 0 Å². The van der Waals surface area contributed by atoms with E-state index in [4.69, 9.17) is 5.11 Å². The second-order valence-electron chi connectivity index (χ2n) is 3.88. The minimum absolute atomic E-state index is 0.122. The first-order valence-electron chi connectivity index (χ1n) is 5.57. The van der Waals surface area contributed by atoms with E-state index in [1.807, 2.05) is 30.3 Å². The zero-order chi connectivity index (χ0) is 13.5. The van der Waals surface area contributed by atoms with Crippen molar-refractivity contribution in [2.24, 2.45) is 0 Å². The Labute approximate surface area is 105 Å². The Morgan fingerprint density at radius 2 is 1.78 bits per heavy atom. The molecular formula is C13H15NO4. The number of rotatable bonds is 5. The third-order valence-electron chi connectivity index (χ3n) is 2.44. The van der Waals surface area contributed by atoms with Crippen molar-refractivity contribution in [1.82, 2.24) is 4.90 Å². The van der Waals surface area contributed by atoms with Crippen LogP contribution in [0.3, 0.4) is 0 Å². The van der Waals surface area contributed by atoms with Gasteiger partial charge in [-0.1, -0.05) is 30.3 Å². The molecule has 2 amide bonds. The Morgan fingerprint density at radius 1 is 1.17 bits per heavy atom. The summed E-state index contributed by atoms with van der Waals surface area (Å²) >= 11 is 0. The topological polar surface area (TPSA) is 74.7 Å². The zero-order valence-electron chi connectivity index (χ0n) is 10.1. The van der Waals surface area contributed by atoms with Crippen LogP contribution in [0.5, 0.6) is 0 Å². The molecule has 5 heteroatoms. The van der Waals surface area contributed by atoms with Crippen molar-refractivity contribution >= 4 is 17.8 Å². The molecule has 0 aromatic heterocycles. The molecule has 1 N–H and O–H groups in total. The van der Waals surface area contributed by atoms with Crippen molar-refractivity contribution in [3.8, 4) is 0 Å². The minimum Gasteiger partial charge on any atom is -0.480 e. The van der Waals surface area contributed by atoms with Crippen molar-refractivity contribution in [2.75, 3.05) is 6.54 Å². The average molecular weight is 249 g/mol. The molecule has 0 fully saturated rings. The van der Waals surface area contributed by atoms with Gasteiger partial charge in [0, 0.05) is 13.3 Å². The van der Waals surface area contributed by atoms with Crippen LogP contribution in [0.4, 0.5) is 0 Å². The zero-order valence-corrected chi connectivity index (χ0v) is 10.1. The monoisotopic (exact) mass is 249 g/mol. The van der Waals surface area contributed by atoms with Crippen molar-refractivity contribution in [3.63, 3.8) is 0 Å². The van der Waals surface area contributed by atoms with Crippen LogP contribution in [0.1, 0.15) is 18.9 Å². The Bertz CT molecular complexity index is 442. The number of carboxylic acids is 1. The van der Waals surface area contributed by atoms with Gasteiger partial charge in [-0.2, -0.15) is 0 Å². The summed E-state index contributed by atoms with van der Waals surface area (Å²) in [7, 11) is 0. The SMILES string of the molecule is CC(=O)N(CC(=O)O)C(=O)CCc1ccccc1. The molecule has 18 heavy (non-hydrogen) atoms. The van der Waals surface area contributed by atoms with E-state index in [2.05, 4.69) is 0 Å². The standard InChI is InChI=1S/C13H15NO4/c1-10(15)14(9-13(17)18)12(16)8-7-11-5-3-2-4-6-11/h2-6H,7-9H2,1H3,(H,17,18). The lowest BCUT2D eigenvalue weighted by molar-refractivity contribution is -0.151. The largest absolute Gasteiger partial charge is 0.480 e. The number of hydrogen-bond donors (Lipinski definition) is 1. The number of benzene rings is 1. The predicted octanol–water partition coefficient (Wildman–Crippen LogP) is 1.08. The second-order valence-corrected chi connectivity index (χ2v) is 3.88. The molecule has 0 bridgehead atoms. The number of aliphatic carboxylic acids is 1. The molecule has 0 aliphatic carbocycles. The van der Waals surface area contributed by atoms with Gasteiger partial charge in [0.05, 0.1) is 0 Å². The van der Waals surface area contributed by atoms with E-state index < -0.39 is 24.3 Å². The van der Waals surface area contributed by atoms with Gasteiger partial charge in [0.15, 0.2) is 0 Å². The smallest absolute Gasteiger partial charge is 0.323 e. The van der Waals surface area contributed by atoms with Gasteiger partial charge in [-0.25, -0.2) is 0 Å². The maximum atomic E-state index is 11.7. The number of imide groups is 1. The van der Waals surface area contributed by atoms with Gasteiger partial charge in [0.1, 0.15) is 6.54 Å². The Kier molecular flexibility index (Phi) is 5.05. The first-order valence-corrected chi connectivity index (χ1v) is 5.57. The van der Waals surface area contributed by atoms with Crippen LogP contribution in [0.15, 0.2) is 30.3 Å². The number of carboxylic acid groups (broad SMARTS) is 1. The van der Waals surface area contributed by atoms with Gasteiger partial charge < -0.3 is 5.11 Å². The highest BCUT2D eigenvalue weighted by atomic mass is 16.4. The van der Waals surface area contributed by atoms with E-state index in [1.54, 1.807) is 0 Å². The first-order chi connectivity index (χ1) is 8.50. The molecule has 0 radical (unpaired) electrons. The highest BCUT2D eigenvalue weighted by Crippen LogP contribution is 2.05. The van der Waals surface area contributed by atoms with Crippen LogP contribution in [-0.2, 0) is 20.8 Å². The Hall–Kier alpha value is -2.17. The number of aryl methyl sites for hydroxylation is 1. The van der Waals surface area contributed by atoms with E-state index >= 15 is 0 Å². The number of carbonyl (C=O) groups is 3. The summed E-state index contributed by atoms with van der Waals surface area (Å²) in [6.45, 7) is 0.603. The molecule has 96 valence electrons. The molecule has 0 aliphatic rings. The van der Waals surface area contributed by atoms with Gasteiger partial charge in [0.25, 0.3) is 0 Å². The van der Waals surface area contributed by atoms with Crippen molar-refractivity contribution < 1.29 is 19.5 Å². The highest BCUT2D eigenvalue weighted by molar-refractivity contribution is 5.97. The fourth-order valence-electron chi connectivity index (χ4n) is 1.54. The molecule has 1 aromatic carbocycles. The third kappa shape index (κ3) is 4.37. The molecular weight excluding hydrogens is 234 g/mol. The quantitative estimate of drug-likeness (QED) is 0.847. The van der Waals surface area contributed by atoms with Gasteiger partial charge in [-0.05, 0) is 12.0 Å². The van der Waals surface area contributed by atoms with Crippen LogP contribution >= 0.6 is 0 Å². The summed E-state index contributed by atoms with van der Waals surface area (Å²) in [5, 5.41) is 8.62. The van der Waals surface area contributed by atoms with Crippen molar-refractivity contribution in [2.45, 2.75) is 19.8 Å². The van der Waals surface area contributed by atoms with Gasteiger partial charge in [0.2, 0.25) is 11.8 Å². The van der Waals surface area contributed by atoms with Crippen molar-refractivity contribution in [3.05, 3.63) is 35.9 Å². The molecule has 1 rings (SSSR count). The van der Waals surface area contributed by atoms with E-state index in [-0.39, 0.29) is 6.42 Å². The molecule has 0 spiro atoms. The molecule has 0 saturated heterocycles. The van der Waals surface area contributed by atoms with Crippen LogP contribution in [-0.4, -0.2) is 34.3 Å². The molecule has 1 aromatic rings. The summed E-state index contributed by atoms with van der Waals surface area (Å²) in [6.07, 6.45) is 0.611. The molecule has 0 unspecified atom stereocenters. The molecule has 0 atom stereocenters. The summed E-state index contributed by atoms with van der Waals surface area (Å²) in [5.41, 5.74) is 0.977. The lowest BCUT2D eigenvalue weighted by atomic mass is 10.1. The first kappa shape index (κ1) is 13.9. The minimum atomic E-state index is -1.20. The van der Waals surface area contributed by atoms with Crippen LogP contribution < -0.4 is 0 Å². The summed E-state index contributed by atoms with van der Waals surface area (Å²) < 4.78 is 0. The van der Waals surface area contributed by atoms with E-state index in [9.17, 15) is 14.4 Å². The fourth-order valence-corrected chi connectivity index (χ4v) is 1.54.